The number of rotatable bonds is 6. The van der Waals surface area contributed by atoms with Gasteiger partial charge in [-0.3, -0.25) is 3.96 Å². The van der Waals surface area contributed by atoms with Gasteiger partial charge in [-0.2, -0.15) is 0 Å². The number of aromatic nitrogens is 3. The molecule has 4 nitrogen and oxygen atoms in total. The first-order valence-electron chi connectivity index (χ1n) is 10.9. The molecule has 33 heavy (non-hydrogen) atoms. The molecule has 166 valence electrons. The standard InChI is InChI=1S/C27H24ClN3OS/c1-30-25-8-5-16-31(27(25)29-24-18-22(28)11-14-26(24)33-30)17-15-20-9-12-23(13-10-20)32-19-21-6-3-2-4-7-21/h2-14,16,18H,15,17,19H2,1H3. The minimum Gasteiger partial charge on any atom is -0.489 e. The minimum atomic E-state index is 0.574. The van der Waals surface area contributed by atoms with Crippen molar-refractivity contribution in [1.29, 1.82) is 0 Å². The predicted molar refractivity (Wildman–Crippen MR) is 137 cm³/mol. The van der Waals surface area contributed by atoms with Crippen LogP contribution in [0, 0.1) is 0 Å². The number of fused-ring (bicyclic) bond motifs is 2. The monoisotopic (exact) mass is 473 g/mol. The highest BCUT2D eigenvalue weighted by Crippen LogP contribution is 2.27. The van der Waals surface area contributed by atoms with Crippen molar-refractivity contribution in [1.82, 2.24) is 13.5 Å². The Bertz CT molecular complexity index is 1380. The molecule has 3 aromatic rings. The van der Waals surface area contributed by atoms with Gasteiger partial charge in [0.25, 0.3) is 0 Å². The Morgan fingerprint density at radius 3 is 2.55 bits per heavy atom. The summed E-state index contributed by atoms with van der Waals surface area (Å²) in [7, 11) is 2.07. The van der Waals surface area contributed by atoms with E-state index in [1.165, 1.54) is 5.56 Å². The van der Waals surface area contributed by atoms with Crippen LogP contribution in [0.3, 0.4) is 0 Å². The molecule has 0 spiro atoms. The topological polar surface area (TPSA) is 32.0 Å². The molecular weight excluding hydrogens is 450 g/mol. The third-order valence-electron chi connectivity index (χ3n) is 5.56. The van der Waals surface area contributed by atoms with Crippen molar-refractivity contribution in [2.24, 2.45) is 7.05 Å². The van der Waals surface area contributed by atoms with Crippen LogP contribution in [0.25, 0.3) is 21.7 Å². The van der Waals surface area contributed by atoms with Crippen molar-refractivity contribution in [3.63, 3.8) is 0 Å². The lowest BCUT2D eigenvalue weighted by Gasteiger charge is -2.14. The zero-order valence-corrected chi connectivity index (χ0v) is 19.9. The normalized spacial score (nSPS) is 11.1. The van der Waals surface area contributed by atoms with Gasteiger partial charge in [-0.1, -0.05) is 65.6 Å². The van der Waals surface area contributed by atoms with E-state index in [4.69, 9.17) is 21.3 Å². The highest BCUT2D eigenvalue weighted by Gasteiger charge is 2.11. The number of ether oxygens (including phenoxy) is 1. The molecule has 6 heteroatoms. The molecule has 0 unspecified atom stereocenters. The van der Waals surface area contributed by atoms with Gasteiger partial charge in [0.15, 0.2) is 5.82 Å². The molecule has 3 aromatic carbocycles. The van der Waals surface area contributed by atoms with Crippen LogP contribution < -0.4 is 4.74 Å². The van der Waals surface area contributed by atoms with E-state index >= 15 is 0 Å². The van der Waals surface area contributed by atoms with Crippen molar-refractivity contribution in [2.45, 2.75) is 19.6 Å². The van der Waals surface area contributed by atoms with Gasteiger partial charge in [0.1, 0.15) is 12.4 Å². The van der Waals surface area contributed by atoms with Gasteiger partial charge in [-0.25, -0.2) is 4.98 Å². The van der Waals surface area contributed by atoms with Crippen LogP contribution in [0.5, 0.6) is 5.75 Å². The summed E-state index contributed by atoms with van der Waals surface area (Å²) in [5.41, 5.74) is 4.40. The molecule has 0 N–H and O–H groups in total. The molecule has 0 radical (unpaired) electrons. The average Bonchev–Trinajstić information content (AvgIpc) is 2.98. The maximum atomic E-state index is 6.24. The molecule has 0 saturated heterocycles. The lowest BCUT2D eigenvalue weighted by molar-refractivity contribution is 0.306. The number of hydrogen-bond donors (Lipinski definition) is 0. The molecule has 0 aliphatic carbocycles. The summed E-state index contributed by atoms with van der Waals surface area (Å²) in [6, 6.07) is 28.6. The average molecular weight is 474 g/mol. The summed E-state index contributed by atoms with van der Waals surface area (Å²) < 4.78 is 11.4. The fourth-order valence-corrected chi connectivity index (χ4v) is 4.82. The molecule has 2 heterocycles. The maximum Gasteiger partial charge on any atom is 0.158 e. The lowest BCUT2D eigenvalue weighted by atomic mass is 10.1. The molecule has 0 aromatic heterocycles. The second-order valence-electron chi connectivity index (χ2n) is 7.89. The van der Waals surface area contributed by atoms with Crippen molar-refractivity contribution in [3.05, 3.63) is 107 Å². The summed E-state index contributed by atoms with van der Waals surface area (Å²) in [6.45, 7) is 1.40. The van der Waals surface area contributed by atoms with E-state index in [0.29, 0.717) is 11.6 Å². The molecule has 0 atom stereocenters. The zero-order chi connectivity index (χ0) is 22.6. The first-order valence-corrected chi connectivity index (χ1v) is 12.0. The summed E-state index contributed by atoms with van der Waals surface area (Å²) in [5.74, 6) is 1.82. The Hall–Kier alpha value is -3.28. The first-order chi connectivity index (χ1) is 16.2. The Labute approximate surface area is 202 Å². The second kappa shape index (κ2) is 9.69. The third kappa shape index (κ3) is 5.05. The lowest BCUT2D eigenvalue weighted by Crippen LogP contribution is -2.09. The molecule has 0 fully saturated rings. The number of benzene rings is 3. The van der Waals surface area contributed by atoms with Crippen LogP contribution in [-0.4, -0.2) is 13.5 Å². The number of pyridine rings is 1. The summed E-state index contributed by atoms with van der Waals surface area (Å²) in [6.07, 6.45) is 2.99. The van der Waals surface area contributed by atoms with E-state index in [-0.39, 0.29) is 0 Å². The van der Waals surface area contributed by atoms with E-state index in [2.05, 4.69) is 58.2 Å². The van der Waals surface area contributed by atoms with Gasteiger partial charge in [0, 0.05) is 24.8 Å². The van der Waals surface area contributed by atoms with Crippen LogP contribution in [0.2, 0.25) is 5.02 Å². The van der Waals surface area contributed by atoms with Crippen LogP contribution in [0.15, 0.2) is 91.1 Å². The molecule has 2 aliphatic rings. The van der Waals surface area contributed by atoms with Crippen LogP contribution in [-0.2, 0) is 26.6 Å². The fraction of sp³-hybridized carbons (Fsp3) is 0.148. The molecule has 0 bridgehead atoms. The number of halogens is 1. The van der Waals surface area contributed by atoms with Crippen molar-refractivity contribution in [2.75, 3.05) is 0 Å². The molecule has 0 amide bonds. The van der Waals surface area contributed by atoms with Crippen molar-refractivity contribution >= 4 is 33.4 Å². The number of hydrogen-bond acceptors (Lipinski definition) is 3. The third-order valence-corrected chi connectivity index (χ3v) is 6.80. The van der Waals surface area contributed by atoms with Gasteiger partial charge in [0.2, 0.25) is 0 Å². The predicted octanol–water partition coefficient (Wildman–Crippen LogP) is 7.14. The van der Waals surface area contributed by atoms with Gasteiger partial charge >= 0.3 is 0 Å². The van der Waals surface area contributed by atoms with Gasteiger partial charge in [-0.05, 0) is 60.0 Å². The zero-order valence-electron chi connectivity index (χ0n) is 18.3. The van der Waals surface area contributed by atoms with Gasteiger partial charge < -0.3 is 9.30 Å². The molecule has 0 saturated carbocycles. The highest BCUT2D eigenvalue weighted by molar-refractivity contribution is 7.13. The fourth-order valence-electron chi connectivity index (χ4n) is 3.79. The van der Waals surface area contributed by atoms with E-state index < -0.39 is 0 Å². The second-order valence-corrected chi connectivity index (χ2v) is 9.50. The van der Waals surface area contributed by atoms with E-state index in [1.807, 2.05) is 48.5 Å². The quantitative estimate of drug-likeness (QED) is 0.262. The van der Waals surface area contributed by atoms with Gasteiger partial charge in [-0.15, -0.1) is 0 Å². The summed E-state index contributed by atoms with van der Waals surface area (Å²) in [4.78, 5) is 4.99. The highest BCUT2D eigenvalue weighted by atomic mass is 35.5. The first kappa shape index (κ1) is 21.6. The van der Waals surface area contributed by atoms with Crippen molar-refractivity contribution < 1.29 is 4.74 Å². The van der Waals surface area contributed by atoms with Crippen LogP contribution >= 0.6 is 23.1 Å². The number of aryl methyl sites for hydroxylation is 3. The van der Waals surface area contributed by atoms with E-state index in [1.54, 1.807) is 11.5 Å². The maximum absolute atomic E-state index is 6.24. The molecule has 5 rings (SSSR count). The van der Waals surface area contributed by atoms with Crippen LogP contribution in [0.4, 0.5) is 0 Å². The van der Waals surface area contributed by atoms with E-state index in [0.717, 1.165) is 46.0 Å². The summed E-state index contributed by atoms with van der Waals surface area (Å²) >= 11 is 7.91. The number of nitrogens with zero attached hydrogens (tertiary/aromatic N) is 3. The SMILES string of the molecule is Cn1sc2ccc(Cl)cc2nc2n(CCc3ccc(OCc4ccccc4)cc3)cccc1-2. The molecular formula is C27H24ClN3OS. The Morgan fingerprint density at radius 1 is 0.909 bits per heavy atom. The largest absolute Gasteiger partial charge is 0.489 e. The Morgan fingerprint density at radius 2 is 1.73 bits per heavy atom. The smallest absolute Gasteiger partial charge is 0.158 e. The van der Waals surface area contributed by atoms with E-state index in [9.17, 15) is 0 Å². The summed E-state index contributed by atoms with van der Waals surface area (Å²) in [5, 5.41) is 0.696. The Kier molecular flexibility index (Phi) is 6.33. The van der Waals surface area contributed by atoms with Gasteiger partial charge in [0.05, 0.1) is 15.9 Å². The minimum absolute atomic E-state index is 0.574. The Balaban J connectivity index is 1.34. The van der Waals surface area contributed by atoms with Crippen molar-refractivity contribution in [3.8, 4) is 17.3 Å². The molecule has 2 aliphatic heterocycles. The van der Waals surface area contributed by atoms with Crippen LogP contribution in [0.1, 0.15) is 11.1 Å².